The number of hydrogen-bond acceptors (Lipinski definition) is 7. The minimum Gasteiger partial charge on any atom is -0.394 e. The Labute approximate surface area is 109 Å². The van der Waals surface area contributed by atoms with Crippen LogP contribution in [0.3, 0.4) is 0 Å². The number of carbonyl (C=O) groups excluding carboxylic acids is 1. The first kappa shape index (κ1) is 14.8. The monoisotopic (exact) mass is 269 g/mol. The number of rotatable bonds is 5. The molecule has 9 nitrogen and oxygen atoms in total. The molecule has 19 heavy (non-hydrogen) atoms. The molecule has 1 aromatic heterocycles. The van der Waals surface area contributed by atoms with E-state index in [0.717, 1.165) is 12.3 Å². The number of aromatic nitrogens is 1. The van der Waals surface area contributed by atoms with Gasteiger partial charge in [0, 0.05) is 7.05 Å². The quantitative estimate of drug-likeness (QED) is 0.380. The first-order valence-corrected chi connectivity index (χ1v) is 5.41. The van der Waals surface area contributed by atoms with Crippen molar-refractivity contribution in [3.63, 3.8) is 0 Å². The molecule has 0 saturated heterocycles. The van der Waals surface area contributed by atoms with Crippen molar-refractivity contribution in [1.29, 1.82) is 0 Å². The molecule has 4 N–H and O–H groups in total. The maximum atomic E-state index is 12.2. The van der Waals surface area contributed by atoms with Gasteiger partial charge in [-0.15, -0.1) is 0 Å². The number of nitrogens with one attached hydrogen (secondary N) is 1. The number of carbonyl (C=O) groups is 1. The maximum Gasteiger partial charge on any atom is 0.364 e. The van der Waals surface area contributed by atoms with Crippen molar-refractivity contribution in [3.05, 3.63) is 27.9 Å². The first-order chi connectivity index (χ1) is 8.92. The predicted octanol–water partition coefficient (Wildman–Crippen LogP) is -0.272. The number of pyridine rings is 1. The topological polar surface area (TPSA) is 135 Å². The van der Waals surface area contributed by atoms with Crippen LogP contribution in [-0.2, 0) is 0 Å². The van der Waals surface area contributed by atoms with Gasteiger partial charge in [0.05, 0.1) is 24.3 Å². The fourth-order valence-electron chi connectivity index (χ4n) is 1.35. The standard InChI is InChI=1S/C10H15N5O4/c1-6(5-16)14(2)10(17)7-3-9(15(18)19)12-4-8(7)13-11/h3-4,6,13,16H,5,11H2,1-2H3. The smallest absolute Gasteiger partial charge is 0.364 e. The molecule has 0 aromatic carbocycles. The highest BCUT2D eigenvalue weighted by molar-refractivity contribution is 5.99. The molecule has 0 aliphatic heterocycles. The van der Waals surface area contributed by atoms with Gasteiger partial charge in [0.25, 0.3) is 5.91 Å². The van der Waals surface area contributed by atoms with E-state index in [1.54, 1.807) is 6.92 Å². The van der Waals surface area contributed by atoms with Crippen molar-refractivity contribution in [2.45, 2.75) is 13.0 Å². The molecule has 1 aromatic rings. The summed E-state index contributed by atoms with van der Waals surface area (Å²) in [5, 5.41) is 19.7. The predicted molar refractivity (Wildman–Crippen MR) is 67.3 cm³/mol. The summed E-state index contributed by atoms with van der Waals surface area (Å²) in [7, 11) is 1.48. The molecule has 1 unspecified atom stereocenters. The Bertz CT molecular complexity index is 493. The number of hydrogen-bond donors (Lipinski definition) is 3. The van der Waals surface area contributed by atoms with Crippen LogP contribution in [0.15, 0.2) is 12.3 Å². The number of nitrogens with two attached hydrogens (primary N) is 1. The highest BCUT2D eigenvalue weighted by Crippen LogP contribution is 2.20. The van der Waals surface area contributed by atoms with Crippen LogP contribution in [0.4, 0.5) is 11.5 Å². The van der Waals surface area contributed by atoms with Crippen molar-refractivity contribution < 1.29 is 14.8 Å². The largest absolute Gasteiger partial charge is 0.394 e. The highest BCUT2D eigenvalue weighted by atomic mass is 16.6. The second-order valence-electron chi connectivity index (χ2n) is 3.94. The number of aliphatic hydroxyl groups excluding tert-OH is 1. The van der Waals surface area contributed by atoms with Crippen LogP contribution in [0.2, 0.25) is 0 Å². The fourth-order valence-corrected chi connectivity index (χ4v) is 1.35. The van der Waals surface area contributed by atoms with Gasteiger partial charge in [0.1, 0.15) is 5.69 Å². The molecular formula is C10H15N5O4. The minimum atomic E-state index is -0.702. The van der Waals surface area contributed by atoms with Crippen molar-refractivity contribution >= 4 is 17.4 Å². The fraction of sp³-hybridized carbons (Fsp3) is 0.400. The van der Waals surface area contributed by atoms with E-state index in [2.05, 4.69) is 10.4 Å². The van der Waals surface area contributed by atoms with Crippen molar-refractivity contribution in [3.8, 4) is 0 Å². The molecule has 104 valence electrons. The van der Waals surface area contributed by atoms with E-state index in [1.807, 2.05) is 0 Å². The molecule has 1 rings (SSSR count). The Morgan fingerprint density at radius 3 is 2.84 bits per heavy atom. The van der Waals surface area contributed by atoms with Crippen LogP contribution in [0.25, 0.3) is 0 Å². The summed E-state index contributed by atoms with van der Waals surface area (Å²) in [6.07, 6.45) is 1.11. The van der Waals surface area contributed by atoms with Gasteiger partial charge >= 0.3 is 5.82 Å². The summed E-state index contributed by atoms with van der Waals surface area (Å²) in [4.78, 5) is 26.9. The van der Waals surface area contributed by atoms with Gasteiger partial charge in [-0.3, -0.25) is 10.6 Å². The lowest BCUT2D eigenvalue weighted by Gasteiger charge is -2.23. The zero-order chi connectivity index (χ0) is 14.6. The Morgan fingerprint density at radius 2 is 2.37 bits per heavy atom. The van der Waals surface area contributed by atoms with Gasteiger partial charge in [0.2, 0.25) is 0 Å². The van der Waals surface area contributed by atoms with E-state index in [1.165, 1.54) is 11.9 Å². The van der Waals surface area contributed by atoms with Gasteiger partial charge in [-0.25, -0.2) is 0 Å². The third kappa shape index (κ3) is 3.14. The molecule has 0 aliphatic carbocycles. The van der Waals surface area contributed by atoms with E-state index < -0.39 is 22.7 Å². The number of likely N-dealkylation sites (N-methyl/N-ethyl adjacent to an activating group) is 1. The summed E-state index contributed by atoms with van der Waals surface area (Å²) in [6.45, 7) is 1.42. The van der Waals surface area contributed by atoms with E-state index >= 15 is 0 Å². The van der Waals surface area contributed by atoms with E-state index in [9.17, 15) is 14.9 Å². The number of aliphatic hydroxyl groups is 1. The first-order valence-electron chi connectivity index (χ1n) is 5.41. The average molecular weight is 269 g/mol. The Kier molecular flexibility index (Phi) is 4.73. The maximum absolute atomic E-state index is 12.2. The highest BCUT2D eigenvalue weighted by Gasteiger charge is 2.23. The van der Waals surface area contributed by atoms with E-state index in [0.29, 0.717) is 0 Å². The summed E-state index contributed by atoms with van der Waals surface area (Å²) >= 11 is 0. The molecule has 1 heterocycles. The number of amides is 1. The molecular weight excluding hydrogens is 254 g/mol. The average Bonchev–Trinajstić information content (AvgIpc) is 2.43. The molecule has 0 radical (unpaired) electrons. The number of hydrazine groups is 1. The van der Waals surface area contributed by atoms with Crippen molar-refractivity contribution in [2.75, 3.05) is 19.1 Å². The lowest BCUT2D eigenvalue weighted by Crippen LogP contribution is -2.37. The lowest BCUT2D eigenvalue weighted by molar-refractivity contribution is -0.389. The van der Waals surface area contributed by atoms with E-state index in [-0.39, 0.29) is 17.9 Å². The molecule has 0 aliphatic rings. The van der Waals surface area contributed by atoms with Crippen molar-refractivity contribution in [1.82, 2.24) is 9.88 Å². The molecule has 1 atom stereocenters. The lowest BCUT2D eigenvalue weighted by atomic mass is 10.1. The Hall–Kier alpha value is -2.26. The Balaban J connectivity index is 3.19. The summed E-state index contributed by atoms with van der Waals surface area (Å²) < 4.78 is 0. The molecule has 0 spiro atoms. The summed E-state index contributed by atoms with van der Waals surface area (Å²) in [5.41, 5.74) is 2.45. The molecule has 1 amide bonds. The second-order valence-corrected chi connectivity index (χ2v) is 3.94. The zero-order valence-electron chi connectivity index (χ0n) is 10.5. The zero-order valence-corrected chi connectivity index (χ0v) is 10.5. The molecule has 0 fully saturated rings. The van der Waals surface area contributed by atoms with Gasteiger partial charge in [-0.2, -0.15) is 0 Å². The number of nitrogen functional groups attached to an aromatic ring is 1. The summed E-state index contributed by atoms with van der Waals surface area (Å²) in [5.74, 6) is 4.29. The number of nitrogens with zero attached hydrogens (tertiary/aromatic N) is 3. The normalized spacial score (nSPS) is 11.8. The van der Waals surface area contributed by atoms with Gasteiger partial charge in [-0.05, 0) is 16.8 Å². The van der Waals surface area contributed by atoms with Crippen LogP contribution in [0, 0.1) is 10.1 Å². The van der Waals surface area contributed by atoms with Crippen LogP contribution in [0.1, 0.15) is 17.3 Å². The van der Waals surface area contributed by atoms with E-state index in [4.69, 9.17) is 10.9 Å². The summed E-state index contributed by atoms with van der Waals surface area (Å²) in [6, 6.07) is 0.614. The number of anilines is 1. The van der Waals surface area contributed by atoms with Crippen LogP contribution in [0.5, 0.6) is 0 Å². The second kappa shape index (κ2) is 6.07. The molecule has 0 bridgehead atoms. The minimum absolute atomic E-state index is 0.0204. The van der Waals surface area contributed by atoms with Gasteiger partial charge < -0.3 is 25.5 Å². The van der Waals surface area contributed by atoms with Crippen LogP contribution >= 0.6 is 0 Å². The third-order valence-electron chi connectivity index (χ3n) is 2.71. The van der Waals surface area contributed by atoms with Crippen LogP contribution < -0.4 is 11.3 Å². The van der Waals surface area contributed by atoms with Crippen LogP contribution in [-0.4, -0.2) is 45.5 Å². The molecule has 9 heteroatoms. The number of nitro groups is 1. The SMILES string of the molecule is CC(CO)N(C)C(=O)c1cc([N+](=O)[O-])ncc1NN. The third-order valence-corrected chi connectivity index (χ3v) is 2.71. The van der Waals surface area contributed by atoms with Crippen molar-refractivity contribution in [2.24, 2.45) is 5.84 Å². The van der Waals surface area contributed by atoms with Gasteiger partial charge in [0.15, 0.2) is 6.20 Å². The Morgan fingerprint density at radius 1 is 1.74 bits per heavy atom. The van der Waals surface area contributed by atoms with Gasteiger partial charge in [-0.1, -0.05) is 0 Å². The molecule has 0 saturated carbocycles.